The van der Waals surface area contributed by atoms with Gasteiger partial charge < -0.3 is 10.4 Å². The summed E-state index contributed by atoms with van der Waals surface area (Å²) in [6, 6.07) is 6.45. The zero-order valence-electron chi connectivity index (χ0n) is 11.2. The third-order valence-corrected chi connectivity index (χ3v) is 3.69. The van der Waals surface area contributed by atoms with Crippen LogP contribution in [0.2, 0.25) is 0 Å². The average molecular weight is 266 g/mol. The fraction of sp³-hybridized carbons (Fsp3) is 0.500. The maximum absolute atomic E-state index is 13.7. The van der Waals surface area contributed by atoms with E-state index in [9.17, 15) is 14.3 Å². The van der Waals surface area contributed by atoms with E-state index >= 15 is 0 Å². The van der Waals surface area contributed by atoms with Gasteiger partial charge in [0.2, 0.25) is 0 Å². The largest absolute Gasteiger partial charge is 0.479 e. The molecule has 0 saturated carbocycles. The van der Waals surface area contributed by atoms with Gasteiger partial charge in [-0.15, -0.1) is 0 Å². The Morgan fingerprint density at radius 1 is 1.47 bits per heavy atom. The van der Waals surface area contributed by atoms with E-state index in [1.165, 1.54) is 6.07 Å². The van der Waals surface area contributed by atoms with E-state index in [1.807, 2.05) is 13.8 Å². The smallest absolute Gasteiger partial charge is 0.330 e. The van der Waals surface area contributed by atoms with E-state index in [0.717, 1.165) is 0 Å². The first-order chi connectivity index (χ1) is 8.94. The molecule has 1 atom stereocenters. The summed E-state index contributed by atoms with van der Waals surface area (Å²) in [5.74, 6) is -1.36. The molecule has 0 radical (unpaired) electrons. The van der Waals surface area contributed by atoms with Gasteiger partial charge in [-0.05, 0) is 32.4 Å². The molecule has 2 N–H and O–H groups in total. The first kappa shape index (κ1) is 13.8. The zero-order chi connectivity index (χ0) is 14.0. The molecule has 5 heteroatoms. The van der Waals surface area contributed by atoms with Crippen molar-refractivity contribution in [3.63, 3.8) is 0 Å². The van der Waals surface area contributed by atoms with Crippen molar-refractivity contribution >= 4 is 11.7 Å². The molecule has 1 heterocycles. The van der Waals surface area contributed by atoms with Crippen LogP contribution in [0.5, 0.6) is 0 Å². The van der Waals surface area contributed by atoms with Gasteiger partial charge in [0, 0.05) is 19.1 Å². The molecule has 1 aromatic carbocycles. The number of aliphatic carboxylic acids is 1. The number of likely N-dealkylation sites (tertiary alicyclic amines) is 1. The molecule has 0 bridgehead atoms. The lowest BCUT2D eigenvalue weighted by Gasteiger charge is -2.28. The fourth-order valence-electron chi connectivity index (χ4n) is 2.43. The van der Waals surface area contributed by atoms with Crippen molar-refractivity contribution in [3.05, 3.63) is 30.1 Å². The first-order valence-corrected chi connectivity index (χ1v) is 6.45. The number of nitrogens with zero attached hydrogens (tertiary/aromatic N) is 1. The normalized spacial score (nSPS) is 23.8. The number of carboxylic acid groups (broad SMARTS) is 1. The lowest BCUT2D eigenvalue weighted by Crippen LogP contribution is -2.49. The number of carbonyl (C=O) groups is 1. The summed E-state index contributed by atoms with van der Waals surface area (Å²) < 4.78 is 13.7. The molecule has 1 aliphatic heterocycles. The Hall–Kier alpha value is -1.62. The number of carboxylic acids is 1. The highest BCUT2D eigenvalue weighted by atomic mass is 19.1. The number of benzene rings is 1. The van der Waals surface area contributed by atoms with E-state index in [0.29, 0.717) is 19.5 Å². The maximum Gasteiger partial charge on any atom is 0.330 e. The van der Waals surface area contributed by atoms with Crippen molar-refractivity contribution in [1.82, 2.24) is 4.90 Å². The van der Waals surface area contributed by atoms with Gasteiger partial charge in [0.1, 0.15) is 11.4 Å². The van der Waals surface area contributed by atoms with Crippen molar-refractivity contribution in [1.29, 1.82) is 0 Å². The lowest BCUT2D eigenvalue weighted by atomic mass is 9.98. The van der Waals surface area contributed by atoms with Crippen LogP contribution < -0.4 is 5.32 Å². The standard InChI is InChI=1S/C14H19FN2O2/c1-10(2)17-8-7-14(9-17,13(18)19)16-12-6-4-3-5-11(12)15/h3-6,10,16H,7-9H2,1-2H3,(H,18,19). The van der Waals surface area contributed by atoms with E-state index in [-0.39, 0.29) is 11.7 Å². The molecule has 1 saturated heterocycles. The van der Waals surface area contributed by atoms with Crippen LogP contribution in [0.15, 0.2) is 24.3 Å². The molecule has 1 unspecified atom stereocenters. The minimum atomic E-state index is -1.10. The molecule has 19 heavy (non-hydrogen) atoms. The van der Waals surface area contributed by atoms with Crippen LogP contribution in [-0.2, 0) is 4.79 Å². The molecule has 2 rings (SSSR count). The summed E-state index contributed by atoms with van der Waals surface area (Å²) in [5, 5.41) is 12.4. The summed E-state index contributed by atoms with van der Waals surface area (Å²) in [6.07, 6.45) is 0.467. The summed E-state index contributed by atoms with van der Waals surface area (Å²) in [5.41, 5.74) is -0.859. The SMILES string of the molecule is CC(C)N1CCC(Nc2ccccc2F)(C(=O)O)C1. The van der Waals surface area contributed by atoms with Crippen LogP contribution in [0.3, 0.4) is 0 Å². The van der Waals surface area contributed by atoms with E-state index in [4.69, 9.17) is 0 Å². The molecular weight excluding hydrogens is 247 g/mol. The minimum absolute atomic E-state index is 0.246. The predicted molar refractivity (Wildman–Crippen MR) is 71.7 cm³/mol. The van der Waals surface area contributed by atoms with E-state index < -0.39 is 17.3 Å². The second kappa shape index (κ2) is 5.17. The van der Waals surface area contributed by atoms with Crippen molar-refractivity contribution in [2.75, 3.05) is 18.4 Å². The van der Waals surface area contributed by atoms with Gasteiger partial charge in [-0.25, -0.2) is 9.18 Å². The maximum atomic E-state index is 13.7. The molecule has 0 aromatic heterocycles. The van der Waals surface area contributed by atoms with Crippen molar-refractivity contribution in [2.45, 2.75) is 31.8 Å². The highest BCUT2D eigenvalue weighted by molar-refractivity contribution is 5.83. The van der Waals surface area contributed by atoms with Crippen molar-refractivity contribution in [3.8, 4) is 0 Å². The molecular formula is C14H19FN2O2. The van der Waals surface area contributed by atoms with Crippen LogP contribution in [0.1, 0.15) is 20.3 Å². The highest BCUT2D eigenvalue weighted by Crippen LogP contribution is 2.29. The third-order valence-electron chi connectivity index (χ3n) is 3.69. The van der Waals surface area contributed by atoms with Gasteiger partial charge in [-0.3, -0.25) is 4.90 Å². The van der Waals surface area contributed by atoms with E-state index in [2.05, 4.69) is 10.2 Å². The summed E-state index contributed by atoms with van der Waals surface area (Å²) in [7, 11) is 0. The quantitative estimate of drug-likeness (QED) is 0.877. The van der Waals surface area contributed by atoms with Crippen LogP contribution in [0.4, 0.5) is 10.1 Å². The topological polar surface area (TPSA) is 52.6 Å². The number of hydrogen-bond acceptors (Lipinski definition) is 3. The van der Waals surface area contributed by atoms with Crippen LogP contribution in [0, 0.1) is 5.82 Å². The first-order valence-electron chi connectivity index (χ1n) is 6.45. The van der Waals surface area contributed by atoms with Gasteiger partial charge in [-0.1, -0.05) is 12.1 Å². The Labute approximate surface area is 112 Å². The van der Waals surface area contributed by atoms with Gasteiger partial charge in [-0.2, -0.15) is 0 Å². The Balaban J connectivity index is 2.23. The Bertz CT molecular complexity index is 478. The van der Waals surface area contributed by atoms with Gasteiger partial charge in [0.15, 0.2) is 0 Å². The second-order valence-corrected chi connectivity index (χ2v) is 5.31. The summed E-state index contributed by atoms with van der Waals surface area (Å²) in [6.45, 7) is 5.14. The average Bonchev–Trinajstić information content (AvgIpc) is 2.78. The van der Waals surface area contributed by atoms with Crippen molar-refractivity contribution < 1.29 is 14.3 Å². The number of nitrogens with one attached hydrogen (secondary N) is 1. The molecule has 104 valence electrons. The Morgan fingerprint density at radius 3 is 2.68 bits per heavy atom. The summed E-state index contributed by atoms with van der Waals surface area (Å²) in [4.78, 5) is 13.7. The Kier molecular flexibility index (Phi) is 3.75. The number of anilines is 1. The lowest BCUT2D eigenvalue weighted by molar-refractivity contribution is -0.141. The molecule has 0 spiro atoms. The second-order valence-electron chi connectivity index (χ2n) is 5.31. The van der Waals surface area contributed by atoms with Crippen molar-refractivity contribution in [2.24, 2.45) is 0 Å². The number of rotatable bonds is 4. The Morgan fingerprint density at radius 2 is 2.16 bits per heavy atom. The van der Waals surface area contributed by atoms with Gasteiger partial charge in [0.25, 0.3) is 0 Å². The predicted octanol–water partition coefficient (Wildman–Crippen LogP) is 2.18. The number of hydrogen-bond donors (Lipinski definition) is 2. The van der Waals surface area contributed by atoms with Crippen LogP contribution >= 0.6 is 0 Å². The monoisotopic (exact) mass is 266 g/mol. The highest BCUT2D eigenvalue weighted by Gasteiger charge is 2.45. The molecule has 0 aliphatic carbocycles. The van der Waals surface area contributed by atoms with Gasteiger partial charge in [0.05, 0.1) is 5.69 Å². The van der Waals surface area contributed by atoms with Crippen LogP contribution in [0.25, 0.3) is 0 Å². The molecule has 1 fully saturated rings. The van der Waals surface area contributed by atoms with Gasteiger partial charge >= 0.3 is 5.97 Å². The molecule has 1 aromatic rings. The number of para-hydroxylation sites is 1. The van der Waals surface area contributed by atoms with Crippen LogP contribution in [-0.4, -0.2) is 40.6 Å². The summed E-state index contributed by atoms with van der Waals surface area (Å²) >= 11 is 0. The fourth-order valence-corrected chi connectivity index (χ4v) is 2.43. The molecule has 0 amide bonds. The number of halogens is 1. The minimum Gasteiger partial charge on any atom is -0.479 e. The third kappa shape index (κ3) is 2.71. The molecule has 4 nitrogen and oxygen atoms in total. The van der Waals surface area contributed by atoms with E-state index in [1.54, 1.807) is 18.2 Å². The molecule has 1 aliphatic rings. The zero-order valence-corrected chi connectivity index (χ0v) is 11.2.